The van der Waals surface area contributed by atoms with Crippen LogP contribution in [0.5, 0.6) is 11.5 Å². The molecule has 1 aliphatic rings. The maximum atomic E-state index is 13.8. The van der Waals surface area contributed by atoms with Crippen LogP contribution in [0, 0.1) is 5.92 Å². The van der Waals surface area contributed by atoms with Gasteiger partial charge in [0.2, 0.25) is 0 Å². The maximum Gasteiger partial charge on any atom is 0.338 e. The molecule has 3 heterocycles. The van der Waals surface area contributed by atoms with Gasteiger partial charge in [-0.3, -0.25) is 9.36 Å². The van der Waals surface area contributed by atoms with Gasteiger partial charge in [-0.2, -0.15) is 0 Å². The molecule has 0 radical (unpaired) electrons. The quantitative estimate of drug-likeness (QED) is 0.261. The topological polar surface area (TPSA) is 79.1 Å². The van der Waals surface area contributed by atoms with Crippen molar-refractivity contribution < 1.29 is 19.0 Å². The first-order chi connectivity index (χ1) is 19.4. The molecule has 40 heavy (non-hydrogen) atoms. The van der Waals surface area contributed by atoms with Gasteiger partial charge < -0.3 is 14.2 Å². The fourth-order valence-electron chi connectivity index (χ4n) is 4.40. The first kappa shape index (κ1) is 27.6. The number of fused-ring (bicyclic) bond motifs is 1. The minimum absolute atomic E-state index is 0.193. The van der Waals surface area contributed by atoms with Crippen LogP contribution in [0.2, 0.25) is 0 Å². The second kappa shape index (κ2) is 12.1. The number of aromatic nitrogens is 1. The van der Waals surface area contributed by atoms with Crippen molar-refractivity contribution in [1.82, 2.24) is 4.57 Å². The average molecular weight is 575 g/mol. The molecule has 0 saturated carbocycles. The number of thiophene rings is 1. The molecule has 1 unspecified atom stereocenters. The second-order valence-corrected chi connectivity index (χ2v) is 11.8. The zero-order valence-corrected chi connectivity index (χ0v) is 24.4. The van der Waals surface area contributed by atoms with Crippen molar-refractivity contribution >= 4 is 34.7 Å². The van der Waals surface area contributed by atoms with E-state index in [0.29, 0.717) is 45.3 Å². The van der Waals surface area contributed by atoms with Crippen molar-refractivity contribution in [3.8, 4) is 11.5 Å². The van der Waals surface area contributed by atoms with Crippen molar-refractivity contribution in [2.75, 3.05) is 13.7 Å². The Morgan fingerprint density at radius 1 is 1.10 bits per heavy atom. The van der Waals surface area contributed by atoms with E-state index in [1.165, 1.54) is 22.7 Å². The van der Waals surface area contributed by atoms with Gasteiger partial charge in [-0.1, -0.05) is 67.6 Å². The molecule has 0 N–H and O–H groups in total. The largest absolute Gasteiger partial charge is 0.493 e. The standard InChI is InChI=1S/C31H30N2O5S2/c1-19(2)17-38-30(35)27-20(3)32-31-33(28(27)25-11-8-14-39-25)29(34)26(40-31)16-22-12-13-23(24(15-22)36-4)37-18-21-9-6-5-7-10-21/h5-16,19,28H,17-18H2,1-4H3/b26-16+. The van der Waals surface area contributed by atoms with Gasteiger partial charge in [0.25, 0.3) is 5.56 Å². The molecular weight excluding hydrogens is 544 g/mol. The predicted octanol–water partition coefficient (Wildman–Crippen LogP) is 5.08. The lowest BCUT2D eigenvalue weighted by Gasteiger charge is -2.23. The molecule has 0 aliphatic carbocycles. The molecule has 0 spiro atoms. The number of allylic oxidation sites excluding steroid dienone is 1. The predicted molar refractivity (Wildman–Crippen MR) is 158 cm³/mol. The third kappa shape index (κ3) is 5.80. The lowest BCUT2D eigenvalue weighted by atomic mass is 10.0. The van der Waals surface area contributed by atoms with Gasteiger partial charge in [0.1, 0.15) is 12.6 Å². The Hall–Kier alpha value is -3.95. The highest BCUT2D eigenvalue weighted by atomic mass is 32.1. The van der Waals surface area contributed by atoms with Crippen LogP contribution >= 0.6 is 22.7 Å². The molecule has 9 heteroatoms. The zero-order chi connectivity index (χ0) is 28.2. The maximum absolute atomic E-state index is 13.8. The van der Waals surface area contributed by atoms with Crippen LogP contribution in [0.15, 0.2) is 87.1 Å². The van der Waals surface area contributed by atoms with Crippen LogP contribution in [-0.4, -0.2) is 24.3 Å². The molecule has 7 nitrogen and oxygen atoms in total. The number of ether oxygens (including phenoxy) is 3. The Morgan fingerprint density at radius 2 is 1.90 bits per heavy atom. The molecule has 2 aromatic heterocycles. The minimum Gasteiger partial charge on any atom is -0.493 e. The highest BCUT2D eigenvalue weighted by Gasteiger charge is 2.34. The van der Waals surface area contributed by atoms with Gasteiger partial charge in [-0.15, -0.1) is 11.3 Å². The van der Waals surface area contributed by atoms with Gasteiger partial charge in [-0.05, 0) is 53.6 Å². The number of benzene rings is 2. The Bertz CT molecular complexity index is 1720. The number of nitrogens with zero attached hydrogens (tertiary/aromatic N) is 2. The Labute approximate surface area is 240 Å². The highest BCUT2D eigenvalue weighted by Crippen LogP contribution is 2.33. The van der Waals surface area contributed by atoms with E-state index in [4.69, 9.17) is 14.2 Å². The van der Waals surface area contributed by atoms with Gasteiger partial charge in [0, 0.05) is 4.88 Å². The lowest BCUT2D eigenvalue weighted by molar-refractivity contribution is -0.140. The molecule has 1 aliphatic heterocycles. The second-order valence-electron chi connectivity index (χ2n) is 9.77. The Balaban J connectivity index is 1.51. The fourth-order valence-corrected chi connectivity index (χ4v) is 6.27. The SMILES string of the molecule is COc1cc(/C=c2/sc3n(c2=O)C(c2cccs2)C(C(=O)OCC(C)C)=C(C)N=3)ccc1OCc1ccccc1. The molecule has 5 rings (SSSR count). The highest BCUT2D eigenvalue weighted by molar-refractivity contribution is 7.10. The van der Waals surface area contributed by atoms with E-state index in [9.17, 15) is 9.59 Å². The minimum atomic E-state index is -0.596. The summed E-state index contributed by atoms with van der Waals surface area (Å²) in [6.45, 7) is 6.47. The number of carbonyl (C=O) groups excluding carboxylic acids is 1. The summed E-state index contributed by atoms with van der Waals surface area (Å²) in [4.78, 5) is 33.1. The monoisotopic (exact) mass is 574 g/mol. The normalized spacial score (nSPS) is 15.1. The van der Waals surface area contributed by atoms with Crippen molar-refractivity contribution in [1.29, 1.82) is 0 Å². The number of hydrogen-bond donors (Lipinski definition) is 0. The lowest BCUT2D eigenvalue weighted by Crippen LogP contribution is -2.39. The summed E-state index contributed by atoms with van der Waals surface area (Å²) in [7, 11) is 1.59. The van der Waals surface area contributed by atoms with Gasteiger partial charge in [0.15, 0.2) is 16.3 Å². The summed E-state index contributed by atoms with van der Waals surface area (Å²) in [5.41, 5.74) is 2.57. The van der Waals surface area contributed by atoms with E-state index in [0.717, 1.165) is 16.0 Å². The fraction of sp³-hybridized carbons (Fsp3) is 0.258. The van der Waals surface area contributed by atoms with E-state index >= 15 is 0 Å². The van der Waals surface area contributed by atoms with Gasteiger partial charge in [0.05, 0.1) is 29.5 Å². The molecule has 0 saturated heterocycles. The number of methoxy groups -OCH3 is 1. The van der Waals surface area contributed by atoms with Crippen LogP contribution in [-0.2, 0) is 16.1 Å². The van der Waals surface area contributed by atoms with Crippen LogP contribution in [0.4, 0.5) is 0 Å². The summed E-state index contributed by atoms with van der Waals surface area (Å²) in [5, 5.41) is 1.94. The van der Waals surface area contributed by atoms with Crippen LogP contribution in [0.1, 0.15) is 42.8 Å². The van der Waals surface area contributed by atoms with Crippen molar-refractivity contribution in [2.24, 2.45) is 10.9 Å². The number of esters is 1. The summed E-state index contributed by atoms with van der Waals surface area (Å²) in [6, 6.07) is 18.7. The van der Waals surface area contributed by atoms with E-state index in [1.807, 2.05) is 86.0 Å². The third-order valence-corrected chi connectivity index (χ3v) is 8.23. The van der Waals surface area contributed by atoms with Crippen LogP contribution in [0.25, 0.3) is 6.08 Å². The zero-order valence-electron chi connectivity index (χ0n) is 22.7. The molecular formula is C31H30N2O5S2. The van der Waals surface area contributed by atoms with Gasteiger partial charge in [-0.25, -0.2) is 9.79 Å². The van der Waals surface area contributed by atoms with E-state index in [2.05, 4.69) is 4.99 Å². The molecule has 206 valence electrons. The number of carbonyl (C=O) groups is 1. The number of thiazole rings is 1. The molecule has 0 fully saturated rings. The molecule has 0 amide bonds. The van der Waals surface area contributed by atoms with E-state index in [1.54, 1.807) is 18.6 Å². The Morgan fingerprint density at radius 3 is 2.60 bits per heavy atom. The molecule has 1 atom stereocenters. The van der Waals surface area contributed by atoms with Crippen LogP contribution < -0.4 is 24.4 Å². The summed E-state index contributed by atoms with van der Waals surface area (Å²) in [5.74, 6) is 0.930. The smallest absolute Gasteiger partial charge is 0.338 e. The third-order valence-electron chi connectivity index (χ3n) is 6.32. The molecule has 4 aromatic rings. The summed E-state index contributed by atoms with van der Waals surface area (Å²) in [6.07, 6.45) is 1.81. The molecule has 2 aromatic carbocycles. The van der Waals surface area contributed by atoms with Gasteiger partial charge >= 0.3 is 5.97 Å². The van der Waals surface area contributed by atoms with Crippen LogP contribution in [0.3, 0.4) is 0 Å². The summed E-state index contributed by atoms with van der Waals surface area (Å²) >= 11 is 2.79. The van der Waals surface area contributed by atoms with Crippen molar-refractivity contribution in [2.45, 2.75) is 33.4 Å². The van der Waals surface area contributed by atoms with Crippen molar-refractivity contribution in [3.63, 3.8) is 0 Å². The first-order valence-electron chi connectivity index (χ1n) is 12.9. The first-order valence-corrected chi connectivity index (χ1v) is 14.6. The molecule has 0 bridgehead atoms. The number of rotatable bonds is 9. The number of hydrogen-bond acceptors (Lipinski definition) is 8. The van der Waals surface area contributed by atoms with E-state index in [-0.39, 0.29) is 11.5 Å². The summed E-state index contributed by atoms with van der Waals surface area (Å²) < 4.78 is 19.3. The van der Waals surface area contributed by atoms with Crippen molar-refractivity contribution in [3.05, 3.63) is 113 Å². The average Bonchev–Trinajstić information content (AvgIpc) is 3.59. The van der Waals surface area contributed by atoms with E-state index < -0.39 is 12.0 Å². The Kier molecular flexibility index (Phi) is 8.32.